The van der Waals surface area contributed by atoms with Gasteiger partial charge in [-0.15, -0.1) is 0 Å². The topological polar surface area (TPSA) is 91.7 Å². The van der Waals surface area contributed by atoms with Crippen LogP contribution >= 0.6 is 11.8 Å². The average molecular weight is 417 g/mol. The SMILES string of the molecule is CCOC(=O)C1=C(c2ccccc2)N=C2SC(C#N)=C(N)N2[C@H]1c1ccc(C)cc1. The molecule has 4 rings (SSSR count). The predicted molar refractivity (Wildman–Crippen MR) is 118 cm³/mol. The number of allylic oxidation sites excluding steroid dienone is 1. The van der Waals surface area contributed by atoms with Crippen LogP contribution in [0.3, 0.4) is 0 Å². The number of hydrogen-bond acceptors (Lipinski definition) is 7. The summed E-state index contributed by atoms with van der Waals surface area (Å²) >= 11 is 1.21. The van der Waals surface area contributed by atoms with Crippen molar-refractivity contribution in [3.63, 3.8) is 0 Å². The van der Waals surface area contributed by atoms with Crippen LogP contribution in [0.2, 0.25) is 0 Å². The number of carbonyl (C=O) groups is 1. The summed E-state index contributed by atoms with van der Waals surface area (Å²) in [6, 6.07) is 19.0. The Morgan fingerprint density at radius 3 is 2.57 bits per heavy atom. The Bertz CT molecular complexity index is 1130. The van der Waals surface area contributed by atoms with Gasteiger partial charge in [0.2, 0.25) is 0 Å². The van der Waals surface area contributed by atoms with E-state index in [2.05, 4.69) is 6.07 Å². The molecule has 2 aromatic rings. The molecule has 0 unspecified atom stereocenters. The van der Waals surface area contributed by atoms with Gasteiger partial charge in [0.1, 0.15) is 16.8 Å². The number of aryl methyl sites for hydroxylation is 1. The lowest BCUT2D eigenvalue weighted by Crippen LogP contribution is -2.38. The van der Waals surface area contributed by atoms with E-state index in [0.29, 0.717) is 27.2 Å². The molecular formula is C23H20N4O2S. The standard InChI is InChI=1S/C23H20N4O2S/c1-3-29-22(28)18-19(15-7-5-4-6-8-15)26-23-27(21(25)17(13-24)30-23)20(18)16-11-9-14(2)10-12-16/h4-12,20H,3,25H2,1-2H3/t20-/m0/s1. The minimum absolute atomic E-state index is 0.241. The minimum atomic E-state index is -0.550. The number of ether oxygens (including phenoxy) is 1. The van der Waals surface area contributed by atoms with Crippen LogP contribution in [0.5, 0.6) is 0 Å². The highest BCUT2D eigenvalue weighted by Crippen LogP contribution is 2.47. The number of hydrogen-bond donors (Lipinski definition) is 1. The second-order valence-corrected chi connectivity index (χ2v) is 7.83. The van der Waals surface area contributed by atoms with Crippen LogP contribution in [-0.2, 0) is 9.53 Å². The van der Waals surface area contributed by atoms with E-state index in [4.69, 9.17) is 15.5 Å². The fraction of sp³-hybridized carbons (Fsp3) is 0.174. The number of aliphatic imine (C=N–C) groups is 1. The maximum Gasteiger partial charge on any atom is 0.338 e. The molecule has 2 aliphatic rings. The maximum atomic E-state index is 13.2. The summed E-state index contributed by atoms with van der Waals surface area (Å²) in [5, 5.41) is 10.1. The van der Waals surface area contributed by atoms with Crippen molar-refractivity contribution in [2.24, 2.45) is 10.7 Å². The molecule has 0 fully saturated rings. The van der Waals surface area contributed by atoms with E-state index >= 15 is 0 Å². The zero-order valence-corrected chi connectivity index (χ0v) is 17.4. The van der Waals surface area contributed by atoms with Gasteiger partial charge in [0.15, 0.2) is 5.17 Å². The fourth-order valence-electron chi connectivity index (χ4n) is 3.52. The highest BCUT2D eigenvalue weighted by atomic mass is 32.2. The highest BCUT2D eigenvalue weighted by molar-refractivity contribution is 8.17. The van der Waals surface area contributed by atoms with E-state index in [1.165, 1.54) is 11.8 Å². The van der Waals surface area contributed by atoms with Gasteiger partial charge in [-0.1, -0.05) is 60.2 Å². The molecule has 0 radical (unpaired) electrons. The molecule has 30 heavy (non-hydrogen) atoms. The van der Waals surface area contributed by atoms with Gasteiger partial charge < -0.3 is 10.5 Å². The number of esters is 1. The molecule has 2 N–H and O–H groups in total. The van der Waals surface area contributed by atoms with Crippen molar-refractivity contribution in [1.82, 2.24) is 4.90 Å². The molecule has 1 atom stereocenters. The molecule has 0 aliphatic carbocycles. The Morgan fingerprint density at radius 1 is 1.23 bits per heavy atom. The molecule has 0 saturated carbocycles. The lowest BCUT2D eigenvalue weighted by molar-refractivity contribution is -0.139. The Labute approximate surface area is 179 Å². The van der Waals surface area contributed by atoms with E-state index in [-0.39, 0.29) is 6.61 Å². The number of carbonyl (C=O) groups excluding carboxylic acids is 1. The number of benzene rings is 2. The van der Waals surface area contributed by atoms with Crippen LogP contribution in [0.4, 0.5) is 0 Å². The summed E-state index contributed by atoms with van der Waals surface area (Å²) in [6.07, 6.45) is 0. The molecule has 0 bridgehead atoms. The number of thioether (sulfide) groups is 1. The van der Waals surface area contributed by atoms with Crippen LogP contribution in [0.1, 0.15) is 29.7 Å². The molecule has 0 aromatic heterocycles. The second kappa shape index (κ2) is 8.09. The van der Waals surface area contributed by atoms with E-state index in [1.54, 1.807) is 11.8 Å². The molecule has 2 aromatic carbocycles. The maximum absolute atomic E-state index is 13.2. The van der Waals surface area contributed by atoms with Crippen LogP contribution in [0, 0.1) is 18.3 Å². The van der Waals surface area contributed by atoms with Gasteiger partial charge in [0.05, 0.1) is 23.9 Å². The fourth-order valence-corrected chi connectivity index (χ4v) is 4.39. The van der Waals surface area contributed by atoms with Crippen LogP contribution in [0.25, 0.3) is 5.70 Å². The molecule has 2 aliphatic heterocycles. The number of nitrogens with two attached hydrogens (primary N) is 1. The molecule has 0 spiro atoms. The molecule has 2 heterocycles. The third-order valence-corrected chi connectivity index (χ3v) is 5.90. The van der Waals surface area contributed by atoms with Crippen molar-refractivity contribution in [2.75, 3.05) is 6.61 Å². The van der Waals surface area contributed by atoms with E-state index < -0.39 is 12.0 Å². The number of nitrogens with zero attached hydrogens (tertiary/aromatic N) is 3. The minimum Gasteiger partial charge on any atom is -0.463 e. The van der Waals surface area contributed by atoms with Crippen molar-refractivity contribution in [3.05, 3.63) is 87.6 Å². The normalized spacial score (nSPS) is 18.1. The van der Waals surface area contributed by atoms with Crippen LogP contribution in [0.15, 0.2) is 75.9 Å². The Balaban J connectivity index is 1.99. The van der Waals surface area contributed by atoms with Gasteiger partial charge in [-0.2, -0.15) is 5.26 Å². The zero-order valence-electron chi connectivity index (χ0n) is 16.6. The monoisotopic (exact) mass is 416 g/mol. The third-order valence-electron chi connectivity index (χ3n) is 4.92. The van der Waals surface area contributed by atoms with Gasteiger partial charge in [0.25, 0.3) is 0 Å². The lowest BCUT2D eigenvalue weighted by Gasteiger charge is -2.35. The molecular weight excluding hydrogens is 396 g/mol. The van der Waals surface area contributed by atoms with Crippen molar-refractivity contribution in [2.45, 2.75) is 19.9 Å². The summed E-state index contributed by atoms with van der Waals surface area (Å²) in [4.78, 5) is 20.0. The van der Waals surface area contributed by atoms with Gasteiger partial charge in [-0.05, 0) is 31.2 Å². The highest BCUT2D eigenvalue weighted by Gasteiger charge is 2.43. The first-order valence-electron chi connectivity index (χ1n) is 9.54. The summed E-state index contributed by atoms with van der Waals surface area (Å²) in [7, 11) is 0. The van der Waals surface area contributed by atoms with Crippen molar-refractivity contribution >= 4 is 28.6 Å². The van der Waals surface area contributed by atoms with E-state index in [9.17, 15) is 10.1 Å². The Kier molecular flexibility index (Phi) is 5.34. The van der Waals surface area contributed by atoms with Crippen molar-refractivity contribution in [1.29, 1.82) is 5.26 Å². The largest absolute Gasteiger partial charge is 0.463 e. The van der Waals surface area contributed by atoms with E-state index in [0.717, 1.165) is 16.7 Å². The first-order chi connectivity index (χ1) is 14.5. The van der Waals surface area contributed by atoms with Gasteiger partial charge in [-0.3, -0.25) is 4.90 Å². The second-order valence-electron chi connectivity index (χ2n) is 6.85. The summed E-state index contributed by atoms with van der Waals surface area (Å²) in [5.41, 5.74) is 10.0. The predicted octanol–water partition coefficient (Wildman–Crippen LogP) is 4.08. The summed E-state index contributed by atoms with van der Waals surface area (Å²) < 4.78 is 5.42. The van der Waals surface area contributed by atoms with Crippen LogP contribution < -0.4 is 5.73 Å². The van der Waals surface area contributed by atoms with Gasteiger partial charge >= 0.3 is 5.97 Å². The smallest absolute Gasteiger partial charge is 0.338 e. The van der Waals surface area contributed by atoms with Gasteiger partial charge in [0, 0.05) is 5.56 Å². The number of fused-ring (bicyclic) bond motifs is 1. The molecule has 6 nitrogen and oxygen atoms in total. The number of rotatable bonds is 4. The molecule has 0 saturated heterocycles. The van der Waals surface area contributed by atoms with E-state index in [1.807, 2.05) is 61.5 Å². The average Bonchev–Trinajstić information content (AvgIpc) is 3.09. The Hall–Kier alpha value is -3.50. The summed E-state index contributed by atoms with van der Waals surface area (Å²) in [6.45, 7) is 4.01. The van der Waals surface area contributed by atoms with Crippen molar-refractivity contribution in [3.8, 4) is 6.07 Å². The van der Waals surface area contributed by atoms with Crippen LogP contribution in [-0.4, -0.2) is 22.6 Å². The summed E-state index contributed by atoms with van der Waals surface area (Å²) in [5.74, 6) is -0.159. The molecule has 7 heteroatoms. The first-order valence-corrected chi connectivity index (χ1v) is 10.4. The third kappa shape index (κ3) is 3.36. The van der Waals surface area contributed by atoms with Crippen molar-refractivity contribution < 1.29 is 9.53 Å². The van der Waals surface area contributed by atoms with Gasteiger partial charge in [-0.25, -0.2) is 9.79 Å². The first kappa shape index (κ1) is 19.8. The zero-order chi connectivity index (χ0) is 21.3. The lowest BCUT2D eigenvalue weighted by atomic mass is 9.91. The number of amidine groups is 1. The molecule has 0 amide bonds. The quantitative estimate of drug-likeness (QED) is 0.755. The Morgan fingerprint density at radius 2 is 1.93 bits per heavy atom. The number of nitriles is 1. The molecule has 150 valence electrons.